The van der Waals surface area contributed by atoms with Gasteiger partial charge in [-0.25, -0.2) is 0 Å². The molecule has 4 heteroatoms. The molecule has 0 aliphatic heterocycles. The molecule has 3 nitrogen and oxygen atoms in total. The maximum atomic E-state index is 10.3. The van der Waals surface area contributed by atoms with Crippen LogP contribution in [0.3, 0.4) is 0 Å². The van der Waals surface area contributed by atoms with E-state index in [0.717, 1.165) is 11.8 Å². The van der Waals surface area contributed by atoms with Gasteiger partial charge in [0, 0.05) is 17.5 Å². The van der Waals surface area contributed by atoms with Gasteiger partial charge in [0.1, 0.15) is 6.29 Å². The molecule has 1 aromatic rings. The van der Waals surface area contributed by atoms with Crippen molar-refractivity contribution in [2.24, 2.45) is 0 Å². The van der Waals surface area contributed by atoms with Gasteiger partial charge in [-0.3, -0.25) is 0 Å². The Hall–Kier alpha value is -1.22. The second kappa shape index (κ2) is 5.61. The summed E-state index contributed by atoms with van der Waals surface area (Å²) in [6.07, 6.45) is 1.94. The van der Waals surface area contributed by atoms with Crippen LogP contribution in [0.1, 0.15) is 12.0 Å². The van der Waals surface area contributed by atoms with Crippen molar-refractivity contribution in [3.8, 4) is 11.5 Å². The number of carbonyl (C=O) groups is 1. The standard InChI is InChI=1S/C11H13ClO3/c1-14-10-6-8(4-3-5-13)9(12)7-11(10)15-2/h5-7H,3-4H2,1-2H3. The van der Waals surface area contributed by atoms with Gasteiger partial charge in [-0.2, -0.15) is 0 Å². The van der Waals surface area contributed by atoms with Crippen molar-refractivity contribution in [3.63, 3.8) is 0 Å². The zero-order valence-electron chi connectivity index (χ0n) is 8.75. The van der Waals surface area contributed by atoms with E-state index in [9.17, 15) is 4.79 Å². The second-order valence-corrected chi connectivity index (χ2v) is 3.41. The zero-order valence-corrected chi connectivity index (χ0v) is 9.50. The number of carbonyl (C=O) groups excluding carboxylic acids is 1. The minimum absolute atomic E-state index is 0.454. The third kappa shape index (κ3) is 2.86. The molecule has 0 bridgehead atoms. The van der Waals surface area contributed by atoms with Gasteiger partial charge in [0.25, 0.3) is 0 Å². The van der Waals surface area contributed by atoms with Crippen molar-refractivity contribution in [1.82, 2.24) is 0 Å². The van der Waals surface area contributed by atoms with E-state index in [1.807, 2.05) is 0 Å². The van der Waals surface area contributed by atoms with Gasteiger partial charge in [0.15, 0.2) is 11.5 Å². The van der Waals surface area contributed by atoms with E-state index in [0.29, 0.717) is 29.4 Å². The molecule has 0 aliphatic rings. The quantitative estimate of drug-likeness (QED) is 0.727. The SMILES string of the molecule is COc1cc(Cl)c(CCC=O)cc1OC. The van der Waals surface area contributed by atoms with Gasteiger partial charge in [0.05, 0.1) is 14.2 Å². The van der Waals surface area contributed by atoms with Gasteiger partial charge in [-0.1, -0.05) is 11.6 Å². The molecular formula is C11H13ClO3. The van der Waals surface area contributed by atoms with Crippen molar-refractivity contribution in [2.75, 3.05) is 14.2 Å². The number of aryl methyl sites for hydroxylation is 1. The van der Waals surface area contributed by atoms with E-state index in [1.54, 1.807) is 26.4 Å². The smallest absolute Gasteiger partial charge is 0.162 e. The highest BCUT2D eigenvalue weighted by Gasteiger charge is 2.09. The van der Waals surface area contributed by atoms with Crippen LogP contribution in [0, 0.1) is 0 Å². The molecule has 0 saturated heterocycles. The highest BCUT2D eigenvalue weighted by molar-refractivity contribution is 6.31. The molecule has 0 unspecified atom stereocenters. The topological polar surface area (TPSA) is 35.5 Å². The lowest BCUT2D eigenvalue weighted by Crippen LogP contribution is -1.94. The van der Waals surface area contributed by atoms with Gasteiger partial charge >= 0.3 is 0 Å². The Morgan fingerprint density at radius 2 is 1.87 bits per heavy atom. The Bertz CT molecular complexity index is 350. The molecule has 1 rings (SSSR count). The van der Waals surface area contributed by atoms with Crippen molar-refractivity contribution in [2.45, 2.75) is 12.8 Å². The van der Waals surface area contributed by atoms with Crippen LogP contribution in [0.2, 0.25) is 5.02 Å². The Morgan fingerprint density at radius 3 is 2.40 bits per heavy atom. The van der Waals surface area contributed by atoms with Crippen LogP contribution in [0.15, 0.2) is 12.1 Å². The first-order valence-electron chi connectivity index (χ1n) is 4.57. The molecule has 1 aromatic carbocycles. The normalized spacial score (nSPS) is 9.80. The van der Waals surface area contributed by atoms with E-state index in [1.165, 1.54) is 0 Å². The first-order chi connectivity index (χ1) is 7.22. The lowest BCUT2D eigenvalue weighted by molar-refractivity contribution is -0.107. The Labute approximate surface area is 93.9 Å². The van der Waals surface area contributed by atoms with Gasteiger partial charge in [-0.05, 0) is 18.1 Å². The predicted octanol–water partition coefficient (Wildman–Crippen LogP) is 2.49. The first kappa shape index (κ1) is 11.9. The largest absolute Gasteiger partial charge is 0.493 e. The molecule has 0 fully saturated rings. The number of hydrogen-bond donors (Lipinski definition) is 0. The molecule has 82 valence electrons. The summed E-state index contributed by atoms with van der Waals surface area (Å²) in [5, 5.41) is 0.592. The van der Waals surface area contributed by atoms with Crippen LogP contribution in [0.4, 0.5) is 0 Å². The van der Waals surface area contributed by atoms with E-state index in [2.05, 4.69) is 0 Å². The number of halogens is 1. The Kier molecular flexibility index (Phi) is 4.43. The average molecular weight is 229 g/mol. The molecule has 15 heavy (non-hydrogen) atoms. The van der Waals surface area contributed by atoms with E-state index in [-0.39, 0.29) is 0 Å². The Balaban J connectivity index is 3.02. The number of benzene rings is 1. The maximum absolute atomic E-state index is 10.3. The summed E-state index contributed by atoms with van der Waals surface area (Å²) < 4.78 is 10.2. The van der Waals surface area contributed by atoms with Crippen molar-refractivity contribution >= 4 is 17.9 Å². The number of methoxy groups -OCH3 is 2. The summed E-state index contributed by atoms with van der Waals surface area (Å²) in [5.41, 5.74) is 0.890. The molecule has 0 spiro atoms. The summed E-state index contributed by atoms with van der Waals surface area (Å²) in [6, 6.07) is 3.49. The van der Waals surface area contributed by atoms with Gasteiger partial charge in [-0.15, -0.1) is 0 Å². The molecule has 0 heterocycles. The number of ether oxygens (including phenoxy) is 2. The number of rotatable bonds is 5. The van der Waals surface area contributed by atoms with Gasteiger partial charge < -0.3 is 14.3 Å². The highest BCUT2D eigenvalue weighted by atomic mass is 35.5. The number of aldehydes is 1. The molecule has 0 amide bonds. The summed E-state index contributed by atoms with van der Waals surface area (Å²) in [5.74, 6) is 1.22. The van der Waals surface area contributed by atoms with Crippen LogP contribution >= 0.6 is 11.6 Å². The summed E-state index contributed by atoms with van der Waals surface area (Å²) >= 11 is 6.02. The summed E-state index contributed by atoms with van der Waals surface area (Å²) in [6.45, 7) is 0. The molecule has 0 saturated carbocycles. The summed E-state index contributed by atoms with van der Waals surface area (Å²) in [4.78, 5) is 10.3. The van der Waals surface area contributed by atoms with Gasteiger partial charge in [0.2, 0.25) is 0 Å². The monoisotopic (exact) mass is 228 g/mol. The highest BCUT2D eigenvalue weighted by Crippen LogP contribution is 2.33. The summed E-state index contributed by atoms with van der Waals surface area (Å²) in [7, 11) is 3.12. The minimum atomic E-state index is 0.454. The molecular weight excluding hydrogens is 216 g/mol. The average Bonchev–Trinajstić information content (AvgIpc) is 2.27. The van der Waals surface area contributed by atoms with Crippen LogP contribution < -0.4 is 9.47 Å². The predicted molar refractivity (Wildman–Crippen MR) is 58.9 cm³/mol. The molecule has 0 atom stereocenters. The van der Waals surface area contributed by atoms with Crippen molar-refractivity contribution in [1.29, 1.82) is 0 Å². The van der Waals surface area contributed by atoms with Crippen LogP contribution in [-0.4, -0.2) is 20.5 Å². The zero-order chi connectivity index (χ0) is 11.3. The van der Waals surface area contributed by atoms with E-state index < -0.39 is 0 Å². The fourth-order valence-electron chi connectivity index (χ4n) is 1.30. The third-order valence-corrected chi connectivity index (χ3v) is 2.44. The van der Waals surface area contributed by atoms with E-state index in [4.69, 9.17) is 21.1 Å². The van der Waals surface area contributed by atoms with Crippen molar-refractivity contribution < 1.29 is 14.3 Å². The van der Waals surface area contributed by atoms with Crippen LogP contribution in [0.25, 0.3) is 0 Å². The third-order valence-electron chi connectivity index (χ3n) is 2.08. The molecule has 0 aliphatic carbocycles. The fraction of sp³-hybridized carbons (Fsp3) is 0.364. The molecule has 0 N–H and O–H groups in total. The molecule has 0 aromatic heterocycles. The Morgan fingerprint density at radius 1 is 1.27 bits per heavy atom. The van der Waals surface area contributed by atoms with Crippen LogP contribution in [-0.2, 0) is 11.2 Å². The second-order valence-electron chi connectivity index (χ2n) is 3.00. The lowest BCUT2D eigenvalue weighted by Gasteiger charge is -2.10. The number of hydrogen-bond acceptors (Lipinski definition) is 3. The first-order valence-corrected chi connectivity index (χ1v) is 4.94. The van der Waals surface area contributed by atoms with Crippen LogP contribution in [0.5, 0.6) is 11.5 Å². The fourth-order valence-corrected chi connectivity index (χ4v) is 1.55. The lowest BCUT2D eigenvalue weighted by atomic mass is 10.1. The maximum Gasteiger partial charge on any atom is 0.162 e. The minimum Gasteiger partial charge on any atom is -0.493 e. The van der Waals surface area contributed by atoms with E-state index >= 15 is 0 Å². The molecule has 0 radical (unpaired) electrons. The van der Waals surface area contributed by atoms with Crippen molar-refractivity contribution in [3.05, 3.63) is 22.7 Å².